The third-order valence-corrected chi connectivity index (χ3v) is 9.34. The van der Waals surface area contributed by atoms with Crippen LogP contribution in [0.3, 0.4) is 0 Å². The number of alkyl halides is 3. The summed E-state index contributed by atoms with van der Waals surface area (Å²) in [6, 6.07) is 9.76. The van der Waals surface area contributed by atoms with Crippen LogP contribution in [0.2, 0.25) is 18.5 Å². The number of amides is 1. The Balaban J connectivity index is 0.00000304. The minimum absolute atomic E-state index is 0. The van der Waals surface area contributed by atoms with Crippen molar-refractivity contribution in [2.75, 3.05) is 18.1 Å². The molecule has 5 rings (SSSR count). The van der Waals surface area contributed by atoms with Gasteiger partial charge in [-0.3, -0.25) is 9.48 Å². The van der Waals surface area contributed by atoms with Gasteiger partial charge in [-0.15, -0.1) is 5.56 Å². The second-order valence-electron chi connectivity index (χ2n) is 10.1. The fourth-order valence-electron chi connectivity index (χ4n) is 5.69. The average molecular weight is 558 g/mol. The first-order valence-electron chi connectivity index (χ1n) is 12.2. The molecule has 1 aromatic carbocycles. The molecule has 2 aliphatic heterocycles. The molecule has 3 aliphatic rings. The van der Waals surface area contributed by atoms with Crippen molar-refractivity contribution in [3.63, 3.8) is 0 Å². The van der Waals surface area contributed by atoms with Crippen molar-refractivity contribution in [3.8, 4) is 0 Å². The molecule has 0 bridgehead atoms. The van der Waals surface area contributed by atoms with Gasteiger partial charge in [-0.25, -0.2) is 8.42 Å². The summed E-state index contributed by atoms with van der Waals surface area (Å²) in [4.78, 5) is 15.1. The number of carbonyl (C=O) groups is 1. The van der Waals surface area contributed by atoms with Gasteiger partial charge in [0.1, 0.15) is 28.8 Å². The van der Waals surface area contributed by atoms with Crippen LogP contribution in [-0.2, 0) is 44.7 Å². The number of sulfone groups is 1. The van der Waals surface area contributed by atoms with Crippen LogP contribution < -0.4 is 0 Å². The molecule has 6 nitrogen and oxygen atoms in total. The van der Waals surface area contributed by atoms with Crippen molar-refractivity contribution in [1.29, 1.82) is 0 Å². The van der Waals surface area contributed by atoms with E-state index in [0.29, 0.717) is 31.3 Å². The molecule has 194 valence electrons. The summed E-state index contributed by atoms with van der Waals surface area (Å²) in [6.45, 7) is 1.98. The zero-order valence-corrected chi connectivity index (χ0v) is 22.1. The van der Waals surface area contributed by atoms with Crippen LogP contribution in [0.15, 0.2) is 24.3 Å². The van der Waals surface area contributed by atoms with E-state index in [-0.39, 0.29) is 53.4 Å². The molecule has 2 aromatic rings. The first kappa shape index (κ1) is 27.3. The molecule has 1 amide bonds. The fraction of sp³-hybridized carbons (Fsp3) is 0.583. The molecule has 1 aliphatic carbocycles. The molecule has 2 atom stereocenters. The number of hydrogen-bond donors (Lipinski definition) is 0. The largest absolute Gasteiger partial charge is 0.433 e. The predicted molar refractivity (Wildman–Crippen MR) is 126 cm³/mol. The Kier molecular flexibility index (Phi) is 7.72. The van der Waals surface area contributed by atoms with Crippen LogP contribution in [0.5, 0.6) is 0 Å². The van der Waals surface area contributed by atoms with Crippen LogP contribution in [0, 0.1) is 13.0 Å². The van der Waals surface area contributed by atoms with Crippen LogP contribution in [0.4, 0.5) is 13.2 Å². The maximum atomic E-state index is 13.7. The summed E-state index contributed by atoms with van der Waals surface area (Å²) in [6.07, 6.45) is -1.19. The van der Waals surface area contributed by atoms with Gasteiger partial charge in [0, 0.05) is 47.4 Å². The van der Waals surface area contributed by atoms with Crippen molar-refractivity contribution in [1.82, 2.24) is 14.7 Å². The van der Waals surface area contributed by atoms with Gasteiger partial charge in [0.2, 0.25) is 5.91 Å². The molecule has 0 radical (unpaired) electrons. The van der Waals surface area contributed by atoms with Gasteiger partial charge in [0.15, 0.2) is 0 Å². The van der Waals surface area contributed by atoms with Gasteiger partial charge >= 0.3 is 6.18 Å². The topological polar surface area (TPSA) is 72.3 Å². The van der Waals surface area contributed by atoms with Crippen molar-refractivity contribution in [2.45, 2.75) is 69.3 Å². The number of likely N-dealkylation sites (tertiary alicyclic amines) is 1. The maximum absolute atomic E-state index is 13.7. The summed E-state index contributed by atoms with van der Waals surface area (Å²) < 4.78 is 65.8. The van der Waals surface area contributed by atoms with E-state index in [1.54, 1.807) is 4.90 Å². The van der Waals surface area contributed by atoms with Crippen molar-refractivity contribution in [2.24, 2.45) is 0 Å². The minimum atomic E-state index is -4.59. The smallest absolute Gasteiger partial charge is 0.337 e. The van der Waals surface area contributed by atoms with Crippen molar-refractivity contribution >= 4 is 22.5 Å². The Hall–Kier alpha value is -1.76. The third kappa shape index (κ3) is 5.71. The molecular formula is C24H28BCrF3N3O3S-. The van der Waals surface area contributed by atoms with Gasteiger partial charge in [-0.05, 0) is 31.1 Å². The van der Waals surface area contributed by atoms with Gasteiger partial charge in [0.25, 0.3) is 0 Å². The van der Waals surface area contributed by atoms with E-state index < -0.39 is 34.2 Å². The van der Waals surface area contributed by atoms with Crippen LogP contribution in [-0.4, -0.2) is 53.8 Å². The molecule has 0 spiro atoms. The summed E-state index contributed by atoms with van der Waals surface area (Å²) in [5, 5.41) is 4.16. The first-order chi connectivity index (χ1) is 16.5. The predicted octanol–water partition coefficient (Wildman–Crippen LogP) is 4.15. The van der Waals surface area contributed by atoms with Crippen molar-refractivity contribution in [3.05, 3.63) is 52.8 Å². The monoisotopic (exact) mass is 558 g/mol. The van der Waals surface area contributed by atoms with E-state index in [0.717, 1.165) is 34.7 Å². The molecule has 1 saturated carbocycles. The molecule has 3 fully saturated rings. The van der Waals surface area contributed by atoms with Crippen LogP contribution in [0.1, 0.15) is 53.7 Å². The van der Waals surface area contributed by atoms with Crippen LogP contribution in [0.25, 0.3) is 0 Å². The van der Waals surface area contributed by atoms with Crippen molar-refractivity contribution < 1.29 is 43.7 Å². The normalized spacial score (nSPS) is 24.0. The number of halogens is 3. The quantitative estimate of drug-likeness (QED) is 0.409. The molecular weight excluding hydrogens is 530 g/mol. The molecule has 0 N–H and O–H groups in total. The zero-order chi connectivity index (χ0) is 25.0. The minimum Gasteiger partial charge on any atom is -0.337 e. The maximum Gasteiger partial charge on any atom is 0.433 e. The van der Waals surface area contributed by atoms with E-state index >= 15 is 0 Å². The molecule has 3 heterocycles. The molecule has 12 heteroatoms. The second-order valence-corrected chi connectivity index (χ2v) is 12.5. The standard InChI is InChI=1S/C24H28BF3N3O3S.Cr/c1-16-3-2-4-18(13-16)23-19(25-8-11-35(33,34)12-9-25)7-10-30(23)22(32)15-31-21(24(26,27)28)14-20(29-31)17-5-6-17;/h2-4,14,17,19,23H,5-12,15H2,1H3;/q-1;. The zero-order valence-electron chi connectivity index (χ0n) is 20.0. The van der Waals surface area contributed by atoms with Gasteiger partial charge in [-0.1, -0.05) is 19.6 Å². The van der Waals surface area contributed by atoms with E-state index in [1.165, 1.54) is 0 Å². The Morgan fingerprint density at radius 1 is 1.19 bits per heavy atom. The second kappa shape index (κ2) is 10.2. The fourth-order valence-corrected chi connectivity index (χ4v) is 7.21. The molecule has 1 aromatic heterocycles. The first-order valence-corrected chi connectivity index (χ1v) is 14.0. The number of aryl methyl sites for hydroxylation is 1. The van der Waals surface area contributed by atoms with Crippen LogP contribution >= 0.6 is 0 Å². The van der Waals surface area contributed by atoms with Gasteiger partial charge < -0.3 is 4.90 Å². The molecule has 2 unspecified atom stereocenters. The Morgan fingerprint density at radius 3 is 2.50 bits per heavy atom. The Morgan fingerprint density at radius 2 is 1.89 bits per heavy atom. The van der Waals surface area contributed by atoms with Gasteiger partial charge in [0.05, 0.1) is 5.69 Å². The number of aromatic nitrogens is 2. The summed E-state index contributed by atoms with van der Waals surface area (Å²) in [7, 11) is -3.03. The molecule has 36 heavy (non-hydrogen) atoms. The van der Waals surface area contributed by atoms with E-state index in [4.69, 9.17) is 0 Å². The number of hydrogen-bond acceptors (Lipinski definition) is 4. The number of carbonyl (C=O) groups excluding carboxylic acids is 1. The number of benzene rings is 1. The number of nitrogens with zero attached hydrogens (tertiary/aromatic N) is 3. The summed E-state index contributed by atoms with van der Waals surface area (Å²) in [5.41, 5.74) is 1.24. The third-order valence-electron chi connectivity index (χ3n) is 7.62. The summed E-state index contributed by atoms with van der Waals surface area (Å²) >= 11 is 0. The van der Waals surface area contributed by atoms with Gasteiger partial charge in [-0.2, -0.15) is 48.1 Å². The molecule has 2 saturated heterocycles. The Bertz CT molecular complexity index is 1220. The van der Waals surface area contributed by atoms with E-state index in [9.17, 15) is 26.4 Å². The number of rotatable bonds is 5. The van der Waals surface area contributed by atoms with E-state index in [2.05, 4.69) is 11.2 Å². The van der Waals surface area contributed by atoms with E-state index in [1.807, 2.05) is 25.1 Å². The Labute approximate surface area is 220 Å². The summed E-state index contributed by atoms with van der Waals surface area (Å²) in [5.74, 6) is -0.0567. The average Bonchev–Trinajstić information content (AvgIpc) is 3.38. The SMILES string of the molecule is Cc1[c-]c(C2C(B3CCS(=O)(=O)CC3)CCN2C(=O)Cn2nc(C3CC3)cc2C(F)(F)F)ccc1.[Cr].